The first-order chi connectivity index (χ1) is 6.15. The molecular weight excluding hydrogens is 184 g/mol. The highest BCUT2D eigenvalue weighted by molar-refractivity contribution is 7.99. The first-order valence-corrected chi connectivity index (χ1v) is 5.21. The molecule has 1 N–H and O–H groups in total. The highest BCUT2D eigenvalue weighted by atomic mass is 32.2. The molecule has 4 nitrogen and oxygen atoms in total. The van der Waals surface area contributed by atoms with Crippen molar-refractivity contribution in [3.05, 3.63) is 6.33 Å². The highest BCUT2D eigenvalue weighted by Gasteiger charge is 2.13. The molecule has 1 heterocycles. The molecule has 0 amide bonds. The van der Waals surface area contributed by atoms with Crippen molar-refractivity contribution in [1.82, 2.24) is 20.1 Å². The predicted octanol–water partition coefficient (Wildman–Crippen LogP) is 0.904. The van der Waals surface area contributed by atoms with Crippen molar-refractivity contribution in [2.45, 2.75) is 30.3 Å². The molecule has 1 rings (SSSR count). The molecule has 2 unspecified atom stereocenters. The Balaban J connectivity index is 2.54. The SMILES string of the molecule is CNC(C)C(C)Sc1ncnn1C. The van der Waals surface area contributed by atoms with E-state index >= 15 is 0 Å². The second-order valence-corrected chi connectivity index (χ2v) is 4.41. The molecule has 0 aliphatic rings. The topological polar surface area (TPSA) is 42.7 Å². The van der Waals surface area contributed by atoms with Gasteiger partial charge in [0.05, 0.1) is 0 Å². The van der Waals surface area contributed by atoms with Crippen LogP contribution in [-0.2, 0) is 7.05 Å². The third-order valence-corrected chi connectivity index (χ3v) is 3.48. The van der Waals surface area contributed by atoms with Gasteiger partial charge in [0, 0.05) is 18.3 Å². The largest absolute Gasteiger partial charge is 0.316 e. The van der Waals surface area contributed by atoms with Crippen molar-refractivity contribution in [3.63, 3.8) is 0 Å². The summed E-state index contributed by atoms with van der Waals surface area (Å²) in [5, 5.41) is 8.70. The van der Waals surface area contributed by atoms with Gasteiger partial charge in [-0.25, -0.2) is 9.67 Å². The van der Waals surface area contributed by atoms with Crippen LogP contribution in [0.3, 0.4) is 0 Å². The third-order valence-electron chi connectivity index (χ3n) is 2.12. The molecule has 0 saturated carbocycles. The summed E-state index contributed by atoms with van der Waals surface area (Å²) in [6.07, 6.45) is 1.58. The molecular formula is C8H16N4S. The molecule has 0 aliphatic carbocycles. The summed E-state index contributed by atoms with van der Waals surface area (Å²) in [5.74, 6) is 0. The van der Waals surface area contributed by atoms with Crippen LogP contribution in [-0.4, -0.2) is 33.1 Å². The Labute approximate surface area is 83.1 Å². The Bertz CT molecular complexity index is 260. The van der Waals surface area contributed by atoms with Gasteiger partial charge in [0.25, 0.3) is 0 Å². The number of thioether (sulfide) groups is 1. The number of nitrogens with zero attached hydrogens (tertiary/aromatic N) is 3. The fourth-order valence-electron chi connectivity index (χ4n) is 0.895. The second kappa shape index (κ2) is 4.62. The van der Waals surface area contributed by atoms with Gasteiger partial charge in [-0.2, -0.15) is 5.10 Å². The molecule has 1 aromatic heterocycles. The molecule has 0 spiro atoms. The number of nitrogens with one attached hydrogen (secondary N) is 1. The molecule has 0 radical (unpaired) electrons. The molecule has 13 heavy (non-hydrogen) atoms. The van der Waals surface area contributed by atoms with Gasteiger partial charge in [-0.05, 0) is 14.0 Å². The van der Waals surface area contributed by atoms with Gasteiger partial charge < -0.3 is 5.32 Å². The number of aromatic nitrogens is 3. The quantitative estimate of drug-likeness (QED) is 0.733. The lowest BCUT2D eigenvalue weighted by Gasteiger charge is -2.17. The first-order valence-electron chi connectivity index (χ1n) is 4.33. The van der Waals surface area contributed by atoms with Crippen molar-refractivity contribution in [1.29, 1.82) is 0 Å². The average molecular weight is 200 g/mol. The normalized spacial score (nSPS) is 15.7. The Morgan fingerprint density at radius 2 is 2.23 bits per heavy atom. The van der Waals surface area contributed by atoms with Crippen LogP contribution in [0, 0.1) is 0 Å². The Morgan fingerprint density at radius 1 is 1.54 bits per heavy atom. The van der Waals surface area contributed by atoms with Crippen molar-refractivity contribution in [2.24, 2.45) is 7.05 Å². The molecule has 0 fully saturated rings. The van der Waals surface area contributed by atoms with Gasteiger partial charge in [-0.15, -0.1) is 0 Å². The van der Waals surface area contributed by atoms with Crippen LogP contribution in [0.1, 0.15) is 13.8 Å². The summed E-state index contributed by atoms with van der Waals surface area (Å²) < 4.78 is 1.80. The van der Waals surface area contributed by atoms with Crippen LogP contribution in [0.5, 0.6) is 0 Å². The summed E-state index contributed by atoms with van der Waals surface area (Å²) in [6.45, 7) is 4.34. The van der Waals surface area contributed by atoms with E-state index < -0.39 is 0 Å². The maximum Gasteiger partial charge on any atom is 0.186 e. The monoisotopic (exact) mass is 200 g/mol. The maximum absolute atomic E-state index is 4.16. The molecule has 0 aromatic carbocycles. The standard InChI is InChI=1S/C8H16N4S/c1-6(9-3)7(2)13-8-10-5-11-12(8)4/h5-7,9H,1-4H3. The third kappa shape index (κ3) is 2.70. The van der Waals surface area contributed by atoms with E-state index in [1.165, 1.54) is 0 Å². The molecule has 74 valence electrons. The minimum atomic E-state index is 0.474. The minimum absolute atomic E-state index is 0.474. The van der Waals surface area contributed by atoms with E-state index in [0.717, 1.165) is 5.16 Å². The second-order valence-electron chi connectivity index (χ2n) is 3.07. The van der Waals surface area contributed by atoms with Crippen molar-refractivity contribution in [2.75, 3.05) is 7.05 Å². The van der Waals surface area contributed by atoms with Gasteiger partial charge >= 0.3 is 0 Å². The van der Waals surface area contributed by atoms with E-state index in [9.17, 15) is 0 Å². The molecule has 1 aromatic rings. The lowest BCUT2D eigenvalue weighted by Crippen LogP contribution is -2.30. The number of rotatable bonds is 4. The predicted molar refractivity (Wildman–Crippen MR) is 54.8 cm³/mol. The van der Waals surface area contributed by atoms with Crippen molar-refractivity contribution >= 4 is 11.8 Å². The smallest absolute Gasteiger partial charge is 0.186 e. The van der Waals surface area contributed by atoms with Crippen molar-refractivity contribution in [3.8, 4) is 0 Å². The summed E-state index contributed by atoms with van der Waals surface area (Å²) in [7, 11) is 3.88. The number of hydrogen-bond donors (Lipinski definition) is 1. The number of aryl methyl sites for hydroxylation is 1. The van der Waals surface area contributed by atoms with Gasteiger partial charge in [0.1, 0.15) is 6.33 Å². The first kappa shape index (κ1) is 10.5. The lowest BCUT2D eigenvalue weighted by molar-refractivity contribution is 0.600. The summed E-state index contributed by atoms with van der Waals surface area (Å²) in [6, 6.07) is 0.474. The zero-order valence-corrected chi connectivity index (χ0v) is 9.30. The fraction of sp³-hybridized carbons (Fsp3) is 0.750. The van der Waals surface area contributed by atoms with Gasteiger partial charge in [-0.3, -0.25) is 0 Å². The van der Waals surface area contributed by atoms with Crippen LogP contribution in [0.4, 0.5) is 0 Å². The van der Waals surface area contributed by atoms with Gasteiger partial charge in [0.2, 0.25) is 0 Å². The van der Waals surface area contributed by atoms with Crippen LogP contribution in [0.15, 0.2) is 11.5 Å². The van der Waals surface area contributed by atoms with E-state index in [4.69, 9.17) is 0 Å². The molecule has 0 saturated heterocycles. The van der Waals surface area contributed by atoms with Crippen molar-refractivity contribution < 1.29 is 0 Å². The summed E-state index contributed by atoms with van der Waals surface area (Å²) in [4.78, 5) is 4.16. The van der Waals surface area contributed by atoms with Crippen LogP contribution >= 0.6 is 11.8 Å². The number of hydrogen-bond acceptors (Lipinski definition) is 4. The Hall–Kier alpha value is -0.550. The van der Waals surface area contributed by atoms with E-state index in [0.29, 0.717) is 11.3 Å². The summed E-state index contributed by atoms with van der Waals surface area (Å²) in [5.41, 5.74) is 0. The molecule has 5 heteroatoms. The fourth-order valence-corrected chi connectivity index (χ4v) is 1.88. The van der Waals surface area contributed by atoms with Crippen LogP contribution in [0.2, 0.25) is 0 Å². The van der Waals surface area contributed by atoms with Crippen LogP contribution in [0.25, 0.3) is 0 Å². The maximum atomic E-state index is 4.16. The lowest BCUT2D eigenvalue weighted by atomic mass is 10.3. The van der Waals surface area contributed by atoms with E-state index in [-0.39, 0.29) is 0 Å². The summed E-state index contributed by atoms with van der Waals surface area (Å²) >= 11 is 1.74. The zero-order chi connectivity index (χ0) is 9.84. The molecule has 2 atom stereocenters. The van der Waals surface area contributed by atoms with E-state index in [1.54, 1.807) is 22.8 Å². The Morgan fingerprint density at radius 3 is 2.69 bits per heavy atom. The highest BCUT2D eigenvalue weighted by Crippen LogP contribution is 2.21. The van der Waals surface area contributed by atoms with Gasteiger partial charge in [-0.1, -0.05) is 18.7 Å². The zero-order valence-electron chi connectivity index (χ0n) is 8.48. The van der Waals surface area contributed by atoms with E-state index in [2.05, 4.69) is 29.2 Å². The van der Waals surface area contributed by atoms with E-state index in [1.807, 2.05) is 14.1 Å². The average Bonchev–Trinajstić information content (AvgIpc) is 2.50. The van der Waals surface area contributed by atoms with Gasteiger partial charge in [0.15, 0.2) is 5.16 Å². The van der Waals surface area contributed by atoms with Crippen LogP contribution < -0.4 is 5.32 Å². The Kier molecular flexibility index (Phi) is 3.74. The minimum Gasteiger partial charge on any atom is -0.316 e. The molecule has 0 aliphatic heterocycles. The molecule has 0 bridgehead atoms.